The van der Waals surface area contributed by atoms with Crippen LogP contribution in [0.2, 0.25) is 0 Å². The number of H-pyrrole nitrogens is 1. The van der Waals surface area contributed by atoms with E-state index in [0.29, 0.717) is 27.3 Å². The molecule has 0 aliphatic heterocycles. The molecule has 3 aromatic rings. The Morgan fingerprint density at radius 1 is 0.857 bits per heavy atom. The summed E-state index contributed by atoms with van der Waals surface area (Å²) in [5.41, 5.74) is 2.57. The standard InChI is InChI=1S/C18H12N2O5S.C15H34N/c19-15-11-3-1-2-4-12(11)17(21)14-13(15)18(22)20-16(14)9-5-7-10(8-6-9)26-25-24-23;1-5-6-7-8-9-10-11-12-13-14-15-16(2,3)4/h1-8,19-20,22-23H;5-15H2,1-4H3/q;+1/p-1. The molecule has 228 valence electrons. The molecule has 0 amide bonds. The van der Waals surface area contributed by atoms with Crippen molar-refractivity contribution in [1.82, 2.24) is 4.98 Å². The second-order valence-electron chi connectivity index (χ2n) is 11.8. The molecular weight excluding hydrogens is 550 g/mol. The Morgan fingerprint density at radius 2 is 1.43 bits per heavy atom. The number of rotatable bonds is 15. The number of nitrogens with one attached hydrogen (secondary N) is 2. The summed E-state index contributed by atoms with van der Waals surface area (Å²) < 4.78 is 5.38. The molecule has 3 N–H and O–H groups in total. The largest absolute Gasteiger partial charge is 0.691 e. The van der Waals surface area contributed by atoms with Gasteiger partial charge in [-0.2, -0.15) is 4.33 Å². The lowest BCUT2D eigenvalue weighted by Gasteiger charge is -2.23. The molecule has 0 saturated heterocycles. The van der Waals surface area contributed by atoms with Crippen LogP contribution in [0.5, 0.6) is 5.88 Å². The fourth-order valence-corrected chi connectivity index (χ4v) is 5.50. The zero-order valence-corrected chi connectivity index (χ0v) is 26.1. The van der Waals surface area contributed by atoms with Gasteiger partial charge in [-0.1, -0.05) is 94.7 Å². The summed E-state index contributed by atoms with van der Waals surface area (Å²) in [5, 5.41) is 31.9. The number of aromatic hydroxyl groups is 1. The molecule has 4 rings (SSSR count). The number of fused-ring (bicyclic) bond motifs is 2. The van der Waals surface area contributed by atoms with E-state index in [9.17, 15) is 15.2 Å². The lowest BCUT2D eigenvalue weighted by molar-refractivity contribution is -0.870. The number of aromatic amines is 1. The molecule has 1 aliphatic carbocycles. The Balaban J connectivity index is 0.000000263. The second kappa shape index (κ2) is 16.6. The predicted octanol–water partition coefficient (Wildman–Crippen LogP) is 7.19. The minimum atomic E-state index is -0.250. The zero-order chi connectivity index (χ0) is 30.5. The Hall–Kier alpha value is -2.95. The topological polar surface area (TPSA) is 118 Å². The van der Waals surface area contributed by atoms with Crippen LogP contribution >= 0.6 is 12.0 Å². The third kappa shape index (κ3) is 9.54. The average molecular weight is 596 g/mol. The van der Waals surface area contributed by atoms with E-state index >= 15 is 0 Å². The van der Waals surface area contributed by atoms with Crippen LogP contribution in [0.15, 0.2) is 53.4 Å². The molecule has 0 atom stereocenters. The Kier molecular flexibility index (Phi) is 13.3. The van der Waals surface area contributed by atoms with Gasteiger partial charge in [0, 0.05) is 16.0 Å². The number of aromatic nitrogens is 1. The summed E-state index contributed by atoms with van der Waals surface area (Å²) in [6.07, 6.45) is 14.4. The van der Waals surface area contributed by atoms with E-state index in [0.717, 1.165) is 16.5 Å². The molecule has 0 fully saturated rings. The van der Waals surface area contributed by atoms with Crippen molar-refractivity contribution in [2.45, 2.75) is 76.0 Å². The van der Waals surface area contributed by atoms with E-state index in [1.54, 1.807) is 48.5 Å². The average Bonchev–Trinajstić information content (AvgIpc) is 3.33. The van der Waals surface area contributed by atoms with Crippen molar-refractivity contribution in [3.8, 4) is 17.1 Å². The van der Waals surface area contributed by atoms with Crippen LogP contribution in [-0.4, -0.2) is 53.8 Å². The number of ketones is 1. The maximum atomic E-state index is 13.0. The minimum Gasteiger partial charge on any atom is -0.691 e. The molecule has 9 heteroatoms. The van der Waals surface area contributed by atoms with Crippen LogP contribution < -0.4 is 5.26 Å². The van der Waals surface area contributed by atoms with E-state index in [1.807, 2.05) is 0 Å². The molecule has 2 aromatic carbocycles. The van der Waals surface area contributed by atoms with Gasteiger partial charge < -0.3 is 19.8 Å². The van der Waals surface area contributed by atoms with Crippen molar-refractivity contribution in [2.24, 2.45) is 0 Å². The van der Waals surface area contributed by atoms with Crippen LogP contribution in [0, 0.1) is 5.41 Å². The first-order valence-electron chi connectivity index (χ1n) is 14.9. The summed E-state index contributed by atoms with van der Waals surface area (Å²) in [5.74, 6) is -0.468. The van der Waals surface area contributed by atoms with Crippen molar-refractivity contribution in [3.05, 3.63) is 70.8 Å². The predicted molar refractivity (Wildman–Crippen MR) is 166 cm³/mol. The van der Waals surface area contributed by atoms with Gasteiger partial charge in [0.15, 0.2) is 11.7 Å². The Bertz CT molecular complexity index is 1300. The van der Waals surface area contributed by atoms with Crippen LogP contribution in [0.1, 0.15) is 98.2 Å². The molecular formula is C33H45N3O5S. The van der Waals surface area contributed by atoms with Gasteiger partial charge in [0.2, 0.25) is 0 Å². The highest BCUT2D eigenvalue weighted by molar-refractivity contribution is 7.94. The van der Waals surface area contributed by atoms with Crippen LogP contribution in [0.4, 0.5) is 0 Å². The first-order valence-corrected chi connectivity index (χ1v) is 15.6. The number of carbonyl (C=O) groups excluding carboxylic acids is 1. The van der Waals surface area contributed by atoms with Crippen LogP contribution in [0.3, 0.4) is 0 Å². The highest BCUT2D eigenvalue weighted by Crippen LogP contribution is 2.39. The molecule has 0 bridgehead atoms. The number of carbonyl (C=O) groups is 1. The summed E-state index contributed by atoms with van der Waals surface area (Å²) >= 11 is 0.755. The van der Waals surface area contributed by atoms with Gasteiger partial charge in [0.05, 0.1) is 62.3 Å². The molecule has 0 radical (unpaired) electrons. The summed E-state index contributed by atoms with van der Waals surface area (Å²) in [7, 11) is 6.86. The highest BCUT2D eigenvalue weighted by atomic mass is 32.2. The maximum absolute atomic E-state index is 13.0. The van der Waals surface area contributed by atoms with Gasteiger partial charge >= 0.3 is 0 Å². The van der Waals surface area contributed by atoms with E-state index < -0.39 is 0 Å². The summed E-state index contributed by atoms with van der Waals surface area (Å²) in [6.45, 7) is 3.62. The maximum Gasteiger partial charge on any atom is 0.199 e. The molecule has 42 heavy (non-hydrogen) atoms. The van der Waals surface area contributed by atoms with Gasteiger partial charge in [-0.25, -0.2) is 0 Å². The number of benzene rings is 2. The van der Waals surface area contributed by atoms with Crippen LogP contribution in [0.25, 0.3) is 11.3 Å². The summed E-state index contributed by atoms with van der Waals surface area (Å²) in [4.78, 5) is 16.4. The van der Waals surface area contributed by atoms with E-state index in [-0.39, 0.29) is 28.5 Å². The Morgan fingerprint density at radius 3 is 2.00 bits per heavy atom. The molecule has 1 heterocycles. The quantitative estimate of drug-likeness (QED) is 0.0440. The van der Waals surface area contributed by atoms with Crippen molar-refractivity contribution in [3.63, 3.8) is 0 Å². The fraction of sp³-hybridized carbons (Fsp3) is 0.455. The number of quaternary nitrogens is 1. The zero-order valence-electron chi connectivity index (χ0n) is 25.3. The summed E-state index contributed by atoms with van der Waals surface area (Å²) in [6, 6.07) is 13.6. The van der Waals surface area contributed by atoms with Gasteiger partial charge in [0.25, 0.3) is 0 Å². The van der Waals surface area contributed by atoms with Gasteiger partial charge in [-0.05, 0) is 30.5 Å². The fourth-order valence-electron chi connectivity index (χ4n) is 5.15. The SMILES string of the molecule is CCCCCCCCCCCC[N+](C)(C)C.N=C1c2ccccc2C(=O)c2c(-c3ccc(SOO[O-])cc3)[nH]c(O)c21. The lowest BCUT2D eigenvalue weighted by Crippen LogP contribution is -2.35. The first-order chi connectivity index (χ1) is 20.2. The molecule has 0 saturated carbocycles. The smallest absolute Gasteiger partial charge is 0.199 e. The van der Waals surface area contributed by atoms with Gasteiger partial charge in [0.1, 0.15) is 0 Å². The molecule has 0 unspecified atom stereocenters. The van der Waals surface area contributed by atoms with Crippen molar-refractivity contribution in [2.75, 3.05) is 27.7 Å². The molecule has 1 aromatic heterocycles. The van der Waals surface area contributed by atoms with Gasteiger partial charge in [-0.3, -0.25) is 15.2 Å². The number of unbranched alkanes of at least 4 members (excludes halogenated alkanes) is 9. The van der Waals surface area contributed by atoms with E-state index in [1.165, 1.54) is 70.8 Å². The number of nitrogens with zero attached hydrogens (tertiary/aromatic N) is 1. The monoisotopic (exact) mass is 595 g/mol. The molecule has 8 nitrogen and oxygen atoms in total. The third-order valence-corrected chi connectivity index (χ3v) is 7.97. The second-order valence-corrected chi connectivity index (χ2v) is 12.6. The normalized spacial score (nSPS) is 12.5. The lowest BCUT2D eigenvalue weighted by atomic mass is 9.84. The third-order valence-electron chi connectivity index (χ3n) is 7.38. The first kappa shape index (κ1) is 33.6. The highest BCUT2D eigenvalue weighted by Gasteiger charge is 2.34. The Labute approximate surface area is 254 Å². The molecule has 1 aliphatic rings. The van der Waals surface area contributed by atoms with E-state index in [2.05, 4.69) is 42.4 Å². The van der Waals surface area contributed by atoms with Crippen molar-refractivity contribution in [1.29, 1.82) is 5.41 Å². The number of hydrogen-bond acceptors (Lipinski definition) is 7. The van der Waals surface area contributed by atoms with Crippen LogP contribution in [-0.2, 0) is 9.37 Å². The number of hydrogen-bond donors (Lipinski definition) is 3. The van der Waals surface area contributed by atoms with Crippen molar-refractivity contribution < 1.29 is 29.0 Å². The molecule has 0 spiro atoms. The van der Waals surface area contributed by atoms with Crippen molar-refractivity contribution >= 4 is 23.5 Å². The van der Waals surface area contributed by atoms with Gasteiger partial charge in [-0.15, -0.1) is 0 Å². The van der Waals surface area contributed by atoms with E-state index in [4.69, 9.17) is 5.41 Å². The minimum absolute atomic E-state index is 0.100.